The second-order valence-electron chi connectivity index (χ2n) is 7.86. The van der Waals surface area contributed by atoms with Crippen LogP contribution in [0.15, 0.2) is 48.5 Å². The Morgan fingerprint density at radius 2 is 1.77 bits per heavy atom. The molecule has 162 valence electrons. The van der Waals surface area contributed by atoms with Crippen LogP contribution in [-0.4, -0.2) is 55.5 Å². The van der Waals surface area contributed by atoms with Crippen LogP contribution < -0.4 is 10.2 Å². The molecule has 2 fully saturated rings. The van der Waals surface area contributed by atoms with Crippen LogP contribution in [0, 0.1) is 5.92 Å². The van der Waals surface area contributed by atoms with Crippen molar-refractivity contribution in [2.45, 2.75) is 19.8 Å². The molecule has 2 saturated heterocycles. The molecule has 2 aromatic rings. The van der Waals surface area contributed by atoms with E-state index < -0.39 is 5.92 Å². The molecule has 2 aliphatic heterocycles. The summed E-state index contributed by atoms with van der Waals surface area (Å²) in [6, 6.07) is 14.9. The number of para-hydroxylation sites is 1. The van der Waals surface area contributed by atoms with Crippen molar-refractivity contribution in [3.8, 4) is 0 Å². The second kappa shape index (κ2) is 9.31. The van der Waals surface area contributed by atoms with Gasteiger partial charge in [0.25, 0.3) is 5.91 Å². The molecule has 4 rings (SSSR count). The number of morpholine rings is 1. The first-order chi connectivity index (χ1) is 15.1. The first-order valence-corrected chi connectivity index (χ1v) is 10.7. The molecule has 0 bridgehead atoms. The highest BCUT2D eigenvalue weighted by Crippen LogP contribution is 2.27. The Morgan fingerprint density at radius 3 is 2.48 bits per heavy atom. The van der Waals surface area contributed by atoms with Crippen molar-refractivity contribution in [2.24, 2.45) is 5.92 Å². The summed E-state index contributed by atoms with van der Waals surface area (Å²) in [5, 5.41) is 2.89. The molecule has 0 aromatic heterocycles. The Morgan fingerprint density at radius 1 is 1.06 bits per heavy atom. The average molecular weight is 421 g/mol. The molecule has 0 aliphatic carbocycles. The maximum absolute atomic E-state index is 13.0. The molecule has 7 heteroatoms. The van der Waals surface area contributed by atoms with Crippen LogP contribution in [0.1, 0.15) is 29.3 Å². The topological polar surface area (TPSA) is 79.0 Å². The first kappa shape index (κ1) is 21.1. The van der Waals surface area contributed by atoms with Gasteiger partial charge in [0.1, 0.15) is 0 Å². The minimum Gasteiger partial charge on any atom is -0.378 e. The van der Waals surface area contributed by atoms with Crippen LogP contribution in [0.4, 0.5) is 11.4 Å². The van der Waals surface area contributed by atoms with Crippen LogP contribution in [0.5, 0.6) is 0 Å². The van der Waals surface area contributed by atoms with Crippen molar-refractivity contribution < 1.29 is 19.1 Å². The van der Waals surface area contributed by atoms with Gasteiger partial charge in [0.15, 0.2) is 0 Å². The van der Waals surface area contributed by atoms with E-state index in [4.69, 9.17) is 4.74 Å². The highest BCUT2D eigenvalue weighted by Gasteiger charge is 2.35. The van der Waals surface area contributed by atoms with E-state index >= 15 is 0 Å². The molecule has 31 heavy (non-hydrogen) atoms. The Kier molecular flexibility index (Phi) is 6.32. The number of carbonyl (C=O) groups excluding carboxylic acids is 3. The molecule has 0 saturated carbocycles. The standard InChI is InChI=1S/C24H27N3O4/c1-2-17-7-9-19(10-8-17)27-16-18(15-22(27)28)23(29)25-21-6-4-3-5-20(21)24(30)26-11-13-31-14-12-26/h3-10,18H,2,11-16H2,1H3,(H,25,29)/t18-/m0/s1. The zero-order valence-electron chi connectivity index (χ0n) is 17.7. The van der Waals surface area contributed by atoms with Gasteiger partial charge in [0, 0.05) is 31.7 Å². The number of nitrogens with zero attached hydrogens (tertiary/aromatic N) is 2. The van der Waals surface area contributed by atoms with E-state index in [0.29, 0.717) is 44.1 Å². The molecule has 1 atom stereocenters. The Bertz CT molecular complexity index is 967. The van der Waals surface area contributed by atoms with Gasteiger partial charge in [-0.25, -0.2) is 0 Å². The minimum atomic E-state index is -0.468. The molecule has 2 aliphatic rings. The maximum Gasteiger partial charge on any atom is 0.256 e. The molecule has 0 spiro atoms. The van der Waals surface area contributed by atoms with E-state index in [1.54, 1.807) is 34.1 Å². The fourth-order valence-corrected chi connectivity index (χ4v) is 3.99. The maximum atomic E-state index is 13.0. The third kappa shape index (κ3) is 4.61. The van der Waals surface area contributed by atoms with Crippen molar-refractivity contribution >= 4 is 29.1 Å². The predicted molar refractivity (Wildman–Crippen MR) is 118 cm³/mol. The van der Waals surface area contributed by atoms with Crippen molar-refractivity contribution in [3.05, 3.63) is 59.7 Å². The molecule has 3 amide bonds. The number of anilines is 2. The average Bonchev–Trinajstić information content (AvgIpc) is 3.21. The number of carbonyl (C=O) groups is 3. The SMILES string of the molecule is CCc1ccc(N2C[C@@H](C(=O)Nc3ccccc3C(=O)N3CCOCC3)CC2=O)cc1. The molecule has 0 unspecified atom stereocenters. The number of amides is 3. The smallest absolute Gasteiger partial charge is 0.256 e. The summed E-state index contributed by atoms with van der Waals surface area (Å²) in [6.07, 6.45) is 1.09. The monoisotopic (exact) mass is 421 g/mol. The van der Waals surface area contributed by atoms with Crippen LogP contribution in [0.2, 0.25) is 0 Å². The summed E-state index contributed by atoms with van der Waals surface area (Å²) < 4.78 is 5.32. The van der Waals surface area contributed by atoms with E-state index in [-0.39, 0.29) is 24.1 Å². The lowest BCUT2D eigenvalue weighted by Crippen LogP contribution is -2.41. The number of hydrogen-bond donors (Lipinski definition) is 1. The third-order valence-corrected chi connectivity index (χ3v) is 5.87. The minimum absolute atomic E-state index is 0.0675. The normalized spacial score (nSPS) is 18.9. The largest absolute Gasteiger partial charge is 0.378 e. The second-order valence-corrected chi connectivity index (χ2v) is 7.86. The lowest BCUT2D eigenvalue weighted by atomic mass is 10.1. The van der Waals surface area contributed by atoms with E-state index in [2.05, 4.69) is 12.2 Å². The quantitative estimate of drug-likeness (QED) is 0.805. The fourth-order valence-electron chi connectivity index (χ4n) is 3.99. The summed E-state index contributed by atoms with van der Waals surface area (Å²) in [5.74, 6) is -0.908. The summed E-state index contributed by atoms with van der Waals surface area (Å²) in [7, 11) is 0. The number of ether oxygens (including phenoxy) is 1. The third-order valence-electron chi connectivity index (χ3n) is 5.87. The van der Waals surface area contributed by atoms with Crippen LogP contribution >= 0.6 is 0 Å². The lowest BCUT2D eigenvalue weighted by Gasteiger charge is -2.27. The summed E-state index contributed by atoms with van der Waals surface area (Å²) in [4.78, 5) is 41.8. The predicted octanol–water partition coefficient (Wildman–Crippen LogP) is 2.71. The highest BCUT2D eigenvalue weighted by molar-refractivity contribution is 6.07. The summed E-state index contributed by atoms with van der Waals surface area (Å²) >= 11 is 0. The number of nitrogens with one attached hydrogen (secondary N) is 1. The van der Waals surface area contributed by atoms with Gasteiger partial charge in [0.05, 0.1) is 30.4 Å². The van der Waals surface area contributed by atoms with Crippen molar-refractivity contribution in [1.29, 1.82) is 0 Å². The van der Waals surface area contributed by atoms with Gasteiger partial charge < -0.3 is 19.9 Å². The molecule has 1 N–H and O–H groups in total. The zero-order chi connectivity index (χ0) is 21.8. The zero-order valence-corrected chi connectivity index (χ0v) is 17.7. The van der Waals surface area contributed by atoms with E-state index in [1.165, 1.54) is 5.56 Å². The Hall–Kier alpha value is -3.19. The van der Waals surface area contributed by atoms with Crippen LogP contribution in [0.3, 0.4) is 0 Å². The fraction of sp³-hybridized carbons (Fsp3) is 0.375. The number of rotatable bonds is 5. The Labute approximate surface area is 182 Å². The van der Waals surface area contributed by atoms with Gasteiger partial charge in [-0.1, -0.05) is 31.2 Å². The van der Waals surface area contributed by atoms with Gasteiger partial charge >= 0.3 is 0 Å². The van der Waals surface area contributed by atoms with Crippen LogP contribution in [0.25, 0.3) is 0 Å². The number of aryl methyl sites for hydroxylation is 1. The van der Waals surface area contributed by atoms with Crippen molar-refractivity contribution in [1.82, 2.24) is 4.90 Å². The van der Waals surface area contributed by atoms with Gasteiger partial charge in [-0.05, 0) is 36.2 Å². The first-order valence-electron chi connectivity index (χ1n) is 10.7. The summed E-state index contributed by atoms with van der Waals surface area (Å²) in [6.45, 7) is 4.50. The van der Waals surface area contributed by atoms with Crippen molar-refractivity contribution in [2.75, 3.05) is 43.1 Å². The van der Waals surface area contributed by atoms with E-state index in [9.17, 15) is 14.4 Å². The number of benzene rings is 2. The molecule has 2 aromatic carbocycles. The molecular weight excluding hydrogens is 394 g/mol. The van der Waals surface area contributed by atoms with Crippen LogP contribution in [-0.2, 0) is 20.7 Å². The van der Waals surface area contributed by atoms with Gasteiger partial charge in [-0.3, -0.25) is 14.4 Å². The van der Waals surface area contributed by atoms with E-state index in [1.807, 2.05) is 24.3 Å². The number of hydrogen-bond acceptors (Lipinski definition) is 4. The van der Waals surface area contributed by atoms with Crippen molar-refractivity contribution in [3.63, 3.8) is 0 Å². The molecule has 0 radical (unpaired) electrons. The van der Waals surface area contributed by atoms with Gasteiger partial charge in [-0.2, -0.15) is 0 Å². The van der Waals surface area contributed by atoms with Gasteiger partial charge in [-0.15, -0.1) is 0 Å². The summed E-state index contributed by atoms with van der Waals surface area (Å²) in [5.41, 5.74) is 2.93. The van der Waals surface area contributed by atoms with E-state index in [0.717, 1.165) is 12.1 Å². The molecule has 7 nitrogen and oxygen atoms in total. The highest BCUT2D eigenvalue weighted by atomic mass is 16.5. The Balaban J connectivity index is 1.45. The molecule has 2 heterocycles. The molecular formula is C24H27N3O4. The lowest BCUT2D eigenvalue weighted by molar-refractivity contribution is -0.122. The van der Waals surface area contributed by atoms with Gasteiger partial charge in [0.2, 0.25) is 11.8 Å².